The fraction of sp³-hybridized carbons (Fsp3) is 0.611. The summed E-state index contributed by atoms with van der Waals surface area (Å²) in [5.74, 6) is -0.337. The van der Waals surface area contributed by atoms with Crippen molar-refractivity contribution in [3.8, 4) is 0 Å². The minimum absolute atomic E-state index is 0.337. The number of carbonyl (C=O) groups excluding carboxylic acids is 1. The number of benzene rings is 1. The topological polar surface area (TPSA) is 55.8 Å². The zero-order valence-electron chi connectivity index (χ0n) is 15.9. The van der Waals surface area contributed by atoms with Gasteiger partial charge in [-0.25, -0.2) is 4.79 Å². The summed E-state index contributed by atoms with van der Waals surface area (Å²) in [5.41, 5.74) is -0.893. The number of ether oxygens (including phenoxy) is 1. The maximum Gasteiger partial charge on any atom is 0.339 e. The van der Waals surface area contributed by atoms with Crippen LogP contribution in [0.5, 0.6) is 0 Å². The van der Waals surface area contributed by atoms with Crippen LogP contribution in [0.4, 0.5) is 0 Å². The Bertz CT molecular complexity index is 586. The molecule has 0 aliphatic heterocycles. The van der Waals surface area contributed by atoms with Gasteiger partial charge in [-0.3, -0.25) is 0 Å². The highest BCUT2D eigenvalue weighted by Crippen LogP contribution is 2.25. The molecule has 0 amide bonds. The van der Waals surface area contributed by atoms with Crippen LogP contribution in [0.1, 0.15) is 58.8 Å². The lowest BCUT2D eigenvalue weighted by molar-refractivity contribution is -0.0893. The normalized spacial score (nSPS) is 12.9. The number of hydrogen-bond donors (Lipinski definition) is 1. The molecule has 1 radical (unpaired) electrons. The quantitative estimate of drug-likeness (QED) is 0.485. The molecule has 0 aliphatic carbocycles. The van der Waals surface area contributed by atoms with E-state index < -0.39 is 16.8 Å². The fourth-order valence-corrected chi connectivity index (χ4v) is 2.27. The third kappa shape index (κ3) is 5.83. The van der Waals surface area contributed by atoms with Crippen molar-refractivity contribution >= 4 is 30.7 Å². The smallest absolute Gasteiger partial charge is 0.339 e. The molecule has 1 rings (SSSR count). The van der Waals surface area contributed by atoms with Gasteiger partial charge in [0, 0.05) is 4.90 Å². The summed E-state index contributed by atoms with van der Waals surface area (Å²) >= 11 is 1.48. The third-order valence-corrected chi connectivity index (χ3v) is 4.58. The summed E-state index contributed by atoms with van der Waals surface area (Å²) in [5, 5.41) is 10.1. The molecule has 0 spiro atoms. The van der Waals surface area contributed by atoms with Crippen LogP contribution in [0, 0.1) is 0 Å². The molecule has 1 N–H and O–H groups in total. The van der Waals surface area contributed by atoms with Crippen LogP contribution in [-0.4, -0.2) is 41.6 Å². The molecular weight excluding hydrogens is 323 g/mol. The number of esters is 1. The van der Waals surface area contributed by atoms with Crippen LogP contribution in [0.3, 0.4) is 0 Å². The molecule has 6 heteroatoms. The van der Waals surface area contributed by atoms with Gasteiger partial charge >= 0.3 is 13.5 Å². The van der Waals surface area contributed by atoms with E-state index in [1.54, 1.807) is 33.5 Å². The molecular formula is C18H28BO4S. The summed E-state index contributed by atoms with van der Waals surface area (Å²) < 4.78 is 11.2. The highest BCUT2D eigenvalue weighted by molar-refractivity contribution is 7.98. The van der Waals surface area contributed by atoms with Crippen LogP contribution < -0.4 is 5.46 Å². The van der Waals surface area contributed by atoms with Crippen molar-refractivity contribution in [3.63, 3.8) is 0 Å². The van der Waals surface area contributed by atoms with E-state index in [2.05, 4.69) is 0 Å². The molecule has 1 aromatic carbocycles. The van der Waals surface area contributed by atoms with Crippen LogP contribution in [0.15, 0.2) is 23.1 Å². The maximum absolute atomic E-state index is 12.3. The predicted molar refractivity (Wildman–Crippen MR) is 100 cm³/mol. The van der Waals surface area contributed by atoms with Gasteiger partial charge in [-0.1, -0.05) is 17.6 Å². The molecule has 0 aromatic heterocycles. The second-order valence-electron chi connectivity index (χ2n) is 7.77. The van der Waals surface area contributed by atoms with Gasteiger partial charge in [0.25, 0.3) is 0 Å². The lowest BCUT2D eigenvalue weighted by Gasteiger charge is -2.37. The van der Waals surface area contributed by atoms with Crippen molar-refractivity contribution in [2.45, 2.75) is 70.2 Å². The number of aliphatic hydroxyl groups is 1. The van der Waals surface area contributed by atoms with Crippen LogP contribution in [0.25, 0.3) is 0 Å². The standard InChI is InChI=1S/C18H28BO4S/c1-16(2,3)22-15(20)13-10-9-12(11-14(13)24-8)19-23-18(6,7)17(4,5)21/h9-11,21H,1-8H3. The van der Waals surface area contributed by atoms with Crippen LogP contribution >= 0.6 is 11.8 Å². The Hall–Kier alpha value is -0.975. The molecule has 0 heterocycles. The van der Waals surface area contributed by atoms with E-state index in [-0.39, 0.29) is 5.97 Å². The molecule has 133 valence electrons. The largest absolute Gasteiger partial charge is 0.456 e. The monoisotopic (exact) mass is 351 g/mol. The van der Waals surface area contributed by atoms with Gasteiger partial charge in [0.1, 0.15) is 5.60 Å². The average Bonchev–Trinajstić information content (AvgIpc) is 2.41. The van der Waals surface area contributed by atoms with Gasteiger partial charge in [-0.05, 0) is 60.8 Å². The molecule has 1 aromatic rings. The minimum atomic E-state index is -0.984. The Labute approximate surface area is 150 Å². The Morgan fingerprint density at radius 3 is 2.17 bits per heavy atom. The molecule has 0 saturated carbocycles. The lowest BCUT2D eigenvalue weighted by atomic mass is 9.82. The van der Waals surface area contributed by atoms with Gasteiger partial charge < -0.3 is 14.5 Å². The molecule has 4 nitrogen and oxygen atoms in total. The molecule has 0 bridgehead atoms. The summed E-state index contributed by atoms with van der Waals surface area (Å²) in [6.07, 6.45) is 1.91. The number of thioether (sulfide) groups is 1. The van der Waals surface area contributed by atoms with Crippen molar-refractivity contribution in [1.29, 1.82) is 0 Å². The van der Waals surface area contributed by atoms with E-state index >= 15 is 0 Å². The van der Waals surface area contributed by atoms with E-state index in [0.29, 0.717) is 5.56 Å². The first-order valence-corrected chi connectivity index (χ1v) is 9.14. The Morgan fingerprint density at radius 1 is 1.12 bits per heavy atom. The summed E-state index contributed by atoms with van der Waals surface area (Å²) in [6, 6.07) is 5.43. The van der Waals surface area contributed by atoms with Crippen molar-refractivity contribution in [2.24, 2.45) is 0 Å². The van der Waals surface area contributed by atoms with Gasteiger partial charge in [0.05, 0.1) is 16.8 Å². The van der Waals surface area contributed by atoms with Crippen molar-refractivity contribution < 1.29 is 19.3 Å². The highest BCUT2D eigenvalue weighted by atomic mass is 32.2. The summed E-state index contributed by atoms with van der Waals surface area (Å²) in [7, 11) is 1.61. The summed E-state index contributed by atoms with van der Waals surface area (Å²) in [4.78, 5) is 13.1. The molecule has 0 fully saturated rings. The first-order chi connectivity index (χ1) is 10.8. The van der Waals surface area contributed by atoms with Crippen molar-refractivity contribution in [2.75, 3.05) is 6.26 Å². The minimum Gasteiger partial charge on any atom is -0.456 e. The Kier molecular flexibility index (Phi) is 6.59. The Balaban J connectivity index is 2.93. The van der Waals surface area contributed by atoms with E-state index in [4.69, 9.17) is 9.39 Å². The molecule has 0 saturated heterocycles. The highest BCUT2D eigenvalue weighted by Gasteiger charge is 2.35. The SMILES string of the molecule is CSc1cc([B]OC(C)(C)C(C)(C)O)ccc1C(=O)OC(C)(C)C. The van der Waals surface area contributed by atoms with Crippen molar-refractivity contribution in [1.82, 2.24) is 0 Å². The van der Waals surface area contributed by atoms with Gasteiger partial charge in [0.2, 0.25) is 0 Å². The number of hydrogen-bond acceptors (Lipinski definition) is 5. The number of rotatable bonds is 6. The van der Waals surface area contributed by atoms with Gasteiger partial charge in [-0.2, -0.15) is 0 Å². The molecule has 24 heavy (non-hydrogen) atoms. The predicted octanol–water partition coefficient (Wildman–Crippen LogP) is 3.17. The molecule has 0 unspecified atom stereocenters. The van der Waals surface area contributed by atoms with E-state index in [1.165, 1.54) is 11.8 Å². The summed E-state index contributed by atoms with van der Waals surface area (Å²) in [6.45, 7) is 12.6. The van der Waals surface area contributed by atoms with E-state index in [9.17, 15) is 9.90 Å². The number of carbonyl (C=O) groups is 1. The fourth-order valence-electron chi connectivity index (χ4n) is 1.64. The zero-order chi connectivity index (χ0) is 18.8. The van der Waals surface area contributed by atoms with Crippen molar-refractivity contribution in [3.05, 3.63) is 23.8 Å². The second kappa shape index (κ2) is 7.50. The zero-order valence-corrected chi connectivity index (χ0v) is 16.7. The average molecular weight is 351 g/mol. The first-order valence-electron chi connectivity index (χ1n) is 7.91. The second-order valence-corrected chi connectivity index (χ2v) is 8.61. The third-order valence-electron chi connectivity index (χ3n) is 3.81. The lowest BCUT2D eigenvalue weighted by Crippen LogP contribution is -2.49. The van der Waals surface area contributed by atoms with Gasteiger partial charge in [0.15, 0.2) is 0 Å². The first kappa shape index (κ1) is 21.1. The van der Waals surface area contributed by atoms with E-state index in [1.807, 2.05) is 46.9 Å². The molecule has 0 atom stereocenters. The molecule has 0 aliphatic rings. The maximum atomic E-state index is 12.3. The van der Waals surface area contributed by atoms with E-state index in [0.717, 1.165) is 10.4 Å². The Morgan fingerprint density at radius 2 is 1.71 bits per heavy atom. The van der Waals surface area contributed by atoms with Gasteiger partial charge in [-0.15, -0.1) is 11.8 Å². The van der Waals surface area contributed by atoms with Crippen LogP contribution in [-0.2, 0) is 9.39 Å². The van der Waals surface area contributed by atoms with Crippen LogP contribution in [0.2, 0.25) is 0 Å².